The van der Waals surface area contributed by atoms with Crippen molar-refractivity contribution in [2.75, 3.05) is 14.2 Å². The van der Waals surface area contributed by atoms with E-state index in [2.05, 4.69) is 4.74 Å². The van der Waals surface area contributed by atoms with Crippen molar-refractivity contribution in [3.8, 4) is 11.5 Å². The number of aliphatic hydroxyl groups is 1. The van der Waals surface area contributed by atoms with Gasteiger partial charge in [-0.3, -0.25) is 0 Å². The molecule has 0 aliphatic heterocycles. The van der Waals surface area contributed by atoms with Gasteiger partial charge in [0.15, 0.2) is 17.6 Å². The average molecular weight is 256 g/mol. The molecule has 0 saturated carbocycles. The minimum Gasteiger partial charge on any atom is -0.504 e. The zero-order chi connectivity index (χ0) is 13.9. The van der Waals surface area contributed by atoms with Crippen molar-refractivity contribution in [1.82, 2.24) is 0 Å². The number of carbonyl (C=O) groups is 2. The first-order chi connectivity index (χ1) is 8.42. The van der Waals surface area contributed by atoms with Crippen LogP contribution in [0.5, 0.6) is 11.5 Å². The summed E-state index contributed by atoms with van der Waals surface area (Å²) in [4.78, 5) is 22.0. The number of benzene rings is 1. The Kier molecular flexibility index (Phi) is 4.11. The van der Waals surface area contributed by atoms with Gasteiger partial charge in [-0.05, 0) is 12.1 Å². The van der Waals surface area contributed by atoms with Crippen LogP contribution in [0, 0.1) is 0 Å². The van der Waals surface area contributed by atoms with E-state index in [4.69, 9.17) is 9.84 Å². The van der Waals surface area contributed by atoms with Crippen LogP contribution < -0.4 is 4.74 Å². The molecule has 0 radical (unpaired) electrons. The van der Waals surface area contributed by atoms with E-state index in [1.165, 1.54) is 7.11 Å². The maximum atomic E-state index is 11.2. The number of phenols is 1. The molecule has 3 N–H and O–H groups in total. The van der Waals surface area contributed by atoms with Gasteiger partial charge in [-0.2, -0.15) is 0 Å². The highest BCUT2D eigenvalue weighted by molar-refractivity contribution is 5.90. The fourth-order valence-corrected chi connectivity index (χ4v) is 1.36. The number of aromatic hydroxyl groups is 1. The predicted octanol–water partition coefficient (Wildman–Crippen LogP) is 0.305. The van der Waals surface area contributed by atoms with Crippen molar-refractivity contribution < 1.29 is 34.4 Å². The number of carboxylic acids is 1. The molecule has 1 aromatic rings. The first-order valence-corrected chi connectivity index (χ1v) is 4.82. The highest BCUT2D eigenvalue weighted by Crippen LogP contribution is 2.35. The number of rotatable bonds is 4. The summed E-state index contributed by atoms with van der Waals surface area (Å²) in [5, 5.41) is 28.2. The van der Waals surface area contributed by atoms with Gasteiger partial charge in [0.2, 0.25) is 0 Å². The van der Waals surface area contributed by atoms with E-state index >= 15 is 0 Å². The summed E-state index contributed by atoms with van der Waals surface area (Å²) in [6.45, 7) is 0. The van der Waals surface area contributed by atoms with E-state index < -0.39 is 23.8 Å². The van der Waals surface area contributed by atoms with Crippen molar-refractivity contribution in [3.05, 3.63) is 23.3 Å². The summed E-state index contributed by atoms with van der Waals surface area (Å²) >= 11 is 0. The van der Waals surface area contributed by atoms with Gasteiger partial charge in [0.25, 0.3) is 0 Å². The number of ether oxygens (including phenoxy) is 2. The lowest BCUT2D eigenvalue weighted by molar-refractivity contribution is -0.150. The molecule has 0 fully saturated rings. The highest BCUT2D eigenvalue weighted by atomic mass is 16.5. The van der Waals surface area contributed by atoms with Crippen molar-refractivity contribution in [1.29, 1.82) is 0 Å². The van der Waals surface area contributed by atoms with Gasteiger partial charge in [0, 0.05) is 5.56 Å². The van der Waals surface area contributed by atoms with Crippen LogP contribution in [0.1, 0.15) is 22.0 Å². The minimum atomic E-state index is -1.79. The highest BCUT2D eigenvalue weighted by Gasteiger charge is 2.25. The van der Waals surface area contributed by atoms with Gasteiger partial charge in [0.1, 0.15) is 0 Å². The molecule has 0 amide bonds. The summed E-state index contributed by atoms with van der Waals surface area (Å²) in [6.07, 6.45) is -1.79. The second-order valence-electron chi connectivity index (χ2n) is 3.35. The van der Waals surface area contributed by atoms with Gasteiger partial charge < -0.3 is 24.8 Å². The van der Waals surface area contributed by atoms with Crippen LogP contribution in [-0.4, -0.2) is 41.5 Å². The van der Waals surface area contributed by atoms with Crippen LogP contribution in [0.3, 0.4) is 0 Å². The molecule has 0 aliphatic carbocycles. The van der Waals surface area contributed by atoms with E-state index in [9.17, 15) is 19.8 Å². The summed E-state index contributed by atoms with van der Waals surface area (Å²) in [5.41, 5.74) is -0.527. The van der Waals surface area contributed by atoms with Gasteiger partial charge in [-0.25, -0.2) is 9.59 Å². The molecular formula is C11H12O7. The molecule has 18 heavy (non-hydrogen) atoms. The fraction of sp³-hybridized carbons (Fsp3) is 0.273. The molecule has 98 valence electrons. The Bertz CT molecular complexity index is 481. The van der Waals surface area contributed by atoms with Crippen LogP contribution in [0.25, 0.3) is 0 Å². The first-order valence-electron chi connectivity index (χ1n) is 4.82. The molecule has 1 aromatic carbocycles. The molecule has 7 nitrogen and oxygen atoms in total. The Morgan fingerprint density at radius 3 is 2.33 bits per heavy atom. The number of hydrogen-bond acceptors (Lipinski definition) is 6. The second kappa shape index (κ2) is 5.37. The van der Waals surface area contributed by atoms with Crippen molar-refractivity contribution >= 4 is 11.9 Å². The molecule has 0 spiro atoms. The van der Waals surface area contributed by atoms with E-state index in [0.717, 1.165) is 19.2 Å². The summed E-state index contributed by atoms with van der Waals surface area (Å²) in [6, 6.07) is 2.05. The molecule has 1 unspecified atom stereocenters. The van der Waals surface area contributed by atoms with E-state index in [1.54, 1.807) is 0 Å². The van der Waals surface area contributed by atoms with Crippen molar-refractivity contribution in [2.45, 2.75) is 6.10 Å². The van der Waals surface area contributed by atoms with E-state index in [-0.39, 0.29) is 16.9 Å². The summed E-state index contributed by atoms with van der Waals surface area (Å²) in [7, 11) is 2.27. The lowest BCUT2D eigenvalue weighted by Crippen LogP contribution is -2.14. The third-order valence-electron chi connectivity index (χ3n) is 2.29. The van der Waals surface area contributed by atoms with Gasteiger partial charge in [0.05, 0.1) is 19.8 Å². The number of esters is 1. The molecular weight excluding hydrogens is 244 g/mol. The normalized spacial score (nSPS) is 11.7. The number of hydrogen-bond donors (Lipinski definition) is 3. The SMILES string of the molecule is COC(=O)C(O)c1cc(C(=O)O)cc(OC)c1O. The lowest BCUT2D eigenvalue weighted by Gasteiger charge is -2.14. The molecule has 0 aliphatic rings. The van der Waals surface area contributed by atoms with Crippen molar-refractivity contribution in [3.63, 3.8) is 0 Å². The maximum Gasteiger partial charge on any atom is 0.339 e. The van der Waals surface area contributed by atoms with Gasteiger partial charge in [-0.1, -0.05) is 0 Å². The average Bonchev–Trinajstić information content (AvgIpc) is 2.36. The topological polar surface area (TPSA) is 113 Å². The number of phenolic OH excluding ortho intramolecular Hbond substituents is 1. The number of carboxylic acid groups (broad SMARTS) is 1. The molecule has 1 atom stereocenters. The molecule has 0 saturated heterocycles. The third kappa shape index (κ3) is 2.51. The third-order valence-corrected chi connectivity index (χ3v) is 2.29. The van der Waals surface area contributed by atoms with Crippen LogP contribution in [0.4, 0.5) is 0 Å². The zero-order valence-corrected chi connectivity index (χ0v) is 9.71. The number of aromatic carboxylic acids is 1. The quantitative estimate of drug-likeness (QED) is 0.664. The zero-order valence-electron chi connectivity index (χ0n) is 9.71. The van der Waals surface area contributed by atoms with Gasteiger partial charge in [-0.15, -0.1) is 0 Å². The monoisotopic (exact) mass is 256 g/mol. The maximum absolute atomic E-state index is 11.2. The largest absolute Gasteiger partial charge is 0.504 e. The van der Waals surface area contributed by atoms with Gasteiger partial charge >= 0.3 is 11.9 Å². The Labute approximate surface area is 102 Å². The standard InChI is InChI=1S/C11H12O7/c1-17-7-4-5(10(14)15)3-6(8(7)12)9(13)11(16)18-2/h3-4,9,12-13H,1-2H3,(H,14,15). The molecule has 1 rings (SSSR count). The fourth-order valence-electron chi connectivity index (χ4n) is 1.36. The predicted molar refractivity (Wildman–Crippen MR) is 58.6 cm³/mol. The van der Waals surface area contributed by atoms with Crippen LogP contribution in [-0.2, 0) is 9.53 Å². The van der Waals surface area contributed by atoms with E-state index in [0.29, 0.717) is 0 Å². The first kappa shape index (κ1) is 13.8. The van der Waals surface area contributed by atoms with Crippen LogP contribution in [0.15, 0.2) is 12.1 Å². The molecule has 0 heterocycles. The lowest BCUT2D eigenvalue weighted by atomic mass is 10.0. The minimum absolute atomic E-state index is 0.159. The summed E-state index contributed by atoms with van der Waals surface area (Å²) in [5.74, 6) is -2.98. The van der Waals surface area contributed by atoms with Crippen LogP contribution >= 0.6 is 0 Å². The van der Waals surface area contributed by atoms with Crippen molar-refractivity contribution in [2.24, 2.45) is 0 Å². The number of methoxy groups -OCH3 is 2. The Morgan fingerprint density at radius 2 is 1.89 bits per heavy atom. The number of carbonyl (C=O) groups excluding carboxylic acids is 1. The Hall–Kier alpha value is -2.28. The summed E-state index contributed by atoms with van der Waals surface area (Å²) < 4.78 is 9.07. The second-order valence-corrected chi connectivity index (χ2v) is 3.35. The Balaban J connectivity index is 3.37. The van der Waals surface area contributed by atoms with Crippen LogP contribution in [0.2, 0.25) is 0 Å². The smallest absolute Gasteiger partial charge is 0.339 e. The number of aliphatic hydroxyl groups excluding tert-OH is 1. The molecule has 0 bridgehead atoms. The Morgan fingerprint density at radius 1 is 1.28 bits per heavy atom. The molecule has 7 heteroatoms. The van der Waals surface area contributed by atoms with E-state index in [1.807, 2.05) is 0 Å². The molecule has 0 aromatic heterocycles.